The van der Waals surface area contributed by atoms with Crippen molar-refractivity contribution in [1.29, 1.82) is 0 Å². The molecule has 108 valence electrons. The van der Waals surface area contributed by atoms with E-state index in [-0.39, 0.29) is 11.8 Å². The molecule has 1 aromatic carbocycles. The third-order valence-corrected chi connectivity index (χ3v) is 4.14. The number of anilines is 1. The molecule has 0 heterocycles. The van der Waals surface area contributed by atoms with Crippen molar-refractivity contribution >= 4 is 29.2 Å². The molecule has 0 saturated heterocycles. The molecule has 3 unspecified atom stereocenters. The number of aryl methyl sites for hydroxylation is 1. The summed E-state index contributed by atoms with van der Waals surface area (Å²) in [7, 11) is 0. The topological polar surface area (TPSA) is 66.4 Å². The summed E-state index contributed by atoms with van der Waals surface area (Å²) in [6, 6.07) is 5.26. The van der Waals surface area contributed by atoms with Crippen LogP contribution in [0.2, 0.25) is 5.02 Å². The number of carbonyl (C=O) groups excluding carboxylic acids is 1. The first-order valence-corrected chi connectivity index (χ1v) is 7.06. The lowest BCUT2D eigenvalue weighted by Gasteiger charge is -2.16. The third-order valence-electron chi connectivity index (χ3n) is 3.91. The van der Waals surface area contributed by atoms with Crippen LogP contribution >= 0.6 is 11.6 Å². The normalized spacial score (nSPS) is 25.4. The van der Waals surface area contributed by atoms with Gasteiger partial charge in [0.05, 0.1) is 11.8 Å². The molecule has 0 aliphatic heterocycles. The van der Waals surface area contributed by atoms with E-state index in [1.165, 1.54) is 0 Å². The number of hydrogen-bond donors (Lipinski definition) is 2. The monoisotopic (exact) mass is 295 g/mol. The highest BCUT2D eigenvalue weighted by Crippen LogP contribution is 2.37. The molecular weight excluding hydrogens is 278 g/mol. The van der Waals surface area contributed by atoms with E-state index in [9.17, 15) is 14.7 Å². The number of carboxylic acid groups (broad SMARTS) is 1. The number of rotatable bonds is 3. The van der Waals surface area contributed by atoms with Crippen molar-refractivity contribution in [3.8, 4) is 0 Å². The maximum absolute atomic E-state index is 12.3. The van der Waals surface area contributed by atoms with Crippen molar-refractivity contribution in [3.63, 3.8) is 0 Å². The Balaban J connectivity index is 2.15. The fourth-order valence-electron chi connectivity index (χ4n) is 2.81. The molecule has 3 atom stereocenters. The molecule has 1 aliphatic rings. The minimum Gasteiger partial charge on any atom is -0.481 e. The van der Waals surface area contributed by atoms with E-state index in [2.05, 4.69) is 5.32 Å². The Hall–Kier alpha value is -1.55. The van der Waals surface area contributed by atoms with E-state index in [0.717, 1.165) is 5.56 Å². The average molecular weight is 296 g/mol. The SMILES string of the molecule is Cc1ccc(Cl)cc1NC(=O)C1CC(C)CC1C(=O)O. The number of carbonyl (C=O) groups is 2. The van der Waals surface area contributed by atoms with E-state index in [1.54, 1.807) is 12.1 Å². The zero-order chi connectivity index (χ0) is 14.9. The summed E-state index contributed by atoms with van der Waals surface area (Å²) in [5.74, 6) is -1.93. The van der Waals surface area contributed by atoms with Crippen LogP contribution in [-0.2, 0) is 9.59 Å². The number of amides is 1. The predicted molar refractivity (Wildman–Crippen MR) is 77.8 cm³/mol. The summed E-state index contributed by atoms with van der Waals surface area (Å²) in [6.45, 7) is 3.85. The summed E-state index contributed by atoms with van der Waals surface area (Å²) in [5, 5.41) is 12.6. The fraction of sp³-hybridized carbons (Fsp3) is 0.467. The first-order valence-electron chi connectivity index (χ1n) is 6.68. The van der Waals surface area contributed by atoms with Gasteiger partial charge in [-0.2, -0.15) is 0 Å². The second-order valence-electron chi connectivity index (χ2n) is 5.58. The molecule has 0 spiro atoms. The third kappa shape index (κ3) is 3.12. The summed E-state index contributed by atoms with van der Waals surface area (Å²) in [4.78, 5) is 23.6. The average Bonchev–Trinajstić information content (AvgIpc) is 2.76. The number of halogens is 1. The van der Waals surface area contributed by atoms with Crippen LogP contribution in [0.4, 0.5) is 5.69 Å². The summed E-state index contributed by atoms with van der Waals surface area (Å²) >= 11 is 5.92. The van der Waals surface area contributed by atoms with Crippen molar-refractivity contribution in [1.82, 2.24) is 0 Å². The molecule has 0 bridgehead atoms. The lowest BCUT2D eigenvalue weighted by molar-refractivity contribution is -0.145. The minimum absolute atomic E-state index is 0.230. The van der Waals surface area contributed by atoms with Crippen molar-refractivity contribution in [2.45, 2.75) is 26.7 Å². The zero-order valence-corrected chi connectivity index (χ0v) is 12.3. The zero-order valence-electron chi connectivity index (χ0n) is 11.5. The van der Waals surface area contributed by atoms with Gasteiger partial charge in [0.15, 0.2) is 0 Å². The predicted octanol–water partition coefficient (Wildman–Crippen LogP) is 3.33. The van der Waals surface area contributed by atoms with Gasteiger partial charge in [-0.15, -0.1) is 0 Å². The Labute approximate surface area is 123 Å². The van der Waals surface area contributed by atoms with E-state index in [4.69, 9.17) is 11.6 Å². The fourth-order valence-corrected chi connectivity index (χ4v) is 2.98. The highest BCUT2D eigenvalue weighted by Gasteiger charge is 2.41. The minimum atomic E-state index is -0.891. The van der Waals surface area contributed by atoms with Crippen LogP contribution in [0.1, 0.15) is 25.3 Å². The second kappa shape index (κ2) is 5.83. The maximum Gasteiger partial charge on any atom is 0.307 e. The van der Waals surface area contributed by atoms with Crippen LogP contribution in [-0.4, -0.2) is 17.0 Å². The number of carboxylic acids is 1. The van der Waals surface area contributed by atoms with Gasteiger partial charge in [0.1, 0.15) is 0 Å². The highest BCUT2D eigenvalue weighted by atomic mass is 35.5. The number of nitrogens with one attached hydrogen (secondary N) is 1. The smallest absolute Gasteiger partial charge is 0.307 e. The van der Waals surface area contributed by atoms with Gasteiger partial charge in [-0.25, -0.2) is 0 Å². The molecule has 1 aliphatic carbocycles. The Morgan fingerprint density at radius 2 is 1.95 bits per heavy atom. The molecule has 0 radical (unpaired) electrons. The van der Waals surface area contributed by atoms with E-state index < -0.39 is 17.8 Å². The van der Waals surface area contributed by atoms with Crippen molar-refractivity contribution in [3.05, 3.63) is 28.8 Å². The molecule has 2 N–H and O–H groups in total. The Morgan fingerprint density at radius 3 is 2.60 bits per heavy atom. The molecular formula is C15H18ClNO3. The van der Waals surface area contributed by atoms with E-state index >= 15 is 0 Å². The lowest BCUT2D eigenvalue weighted by Crippen LogP contribution is -2.30. The van der Waals surface area contributed by atoms with Gasteiger partial charge in [0.2, 0.25) is 5.91 Å². The van der Waals surface area contributed by atoms with Crippen molar-refractivity contribution in [2.75, 3.05) is 5.32 Å². The summed E-state index contributed by atoms with van der Waals surface area (Å²) < 4.78 is 0. The Morgan fingerprint density at radius 1 is 1.30 bits per heavy atom. The molecule has 2 rings (SSSR count). The Kier molecular flexibility index (Phi) is 4.33. The summed E-state index contributed by atoms with van der Waals surface area (Å²) in [5.41, 5.74) is 1.55. The number of hydrogen-bond acceptors (Lipinski definition) is 2. The molecule has 5 heteroatoms. The van der Waals surface area contributed by atoms with Gasteiger partial charge in [-0.3, -0.25) is 9.59 Å². The van der Waals surface area contributed by atoms with Crippen LogP contribution < -0.4 is 5.32 Å². The van der Waals surface area contributed by atoms with Crippen LogP contribution in [0, 0.1) is 24.7 Å². The molecule has 20 heavy (non-hydrogen) atoms. The molecule has 1 aromatic rings. The second-order valence-corrected chi connectivity index (χ2v) is 6.01. The van der Waals surface area contributed by atoms with Crippen molar-refractivity contribution < 1.29 is 14.7 Å². The molecule has 1 fully saturated rings. The summed E-state index contributed by atoms with van der Waals surface area (Å²) in [6.07, 6.45) is 1.17. The van der Waals surface area contributed by atoms with E-state index in [0.29, 0.717) is 23.6 Å². The van der Waals surface area contributed by atoms with Crippen LogP contribution in [0.15, 0.2) is 18.2 Å². The molecule has 1 saturated carbocycles. The van der Waals surface area contributed by atoms with Crippen molar-refractivity contribution in [2.24, 2.45) is 17.8 Å². The standard InChI is InChI=1S/C15H18ClNO3/c1-8-5-11(12(6-8)15(19)20)14(18)17-13-7-10(16)4-3-9(13)2/h3-4,7-8,11-12H,5-6H2,1-2H3,(H,17,18)(H,19,20). The molecule has 0 aromatic heterocycles. The van der Waals surface area contributed by atoms with Gasteiger partial charge in [-0.1, -0.05) is 24.6 Å². The van der Waals surface area contributed by atoms with Gasteiger partial charge in [0, 0.05) is 10.7 Å². The number of benzene rings is 1. The lowest BCUT2D eigenvalue weighted by atomic mass is 9.95. The van der Waals surface area contributed by atoms with Gasteiger partial charge >= 0.3 is 5.97 Å². The first kappa shape index (κ1) is 14.9. The van der Waals surface area contributed by atoms with Crippen LogP contribution in [0.25, 0.3) is 0 Å². The van der Waals surface area contributed by atoms with Gasteiger partial charge in [-0.05, 0) is 43.4 Å². The first-order chi connectivity index (χ1) is 9.38. The van der Waals surface area contributed by atoms with Crippen LogP contribution in [0.3, 0.4) is 0 Å². The molecule has 4 nitrogen and oxygen atoms in total. The molecule has 1 amide bonds. The largest absolute Gasteiger partial charge is 0.481 e. The van der Waals surface area contributed by atoms with Gasteiger partial charge in [0.25, 0.3) is 0 Å². The van der Waals surface area contributed by atoms with Crippen LogP contribution in [0.5, 0.6) is 0 Å². The Bertz CT molecular complexity index is 544. The highest BCUT2D eigenvalue weighted by molar-refractivity contribution is 6.31. The number of aliphatic carboxylic acids is 1. The van der Waals surface area contributed by atoms with E-state index in [1.807, 2.05) is 19.9 Å². The van der Waals surface area contributed by atoms with Gasteiger partial charge < -0.3 is 10.4 Å². The quantitative estimate of drug-likeness (QED) is 0.899. The maximum atomic E-state index is 12.3.